The molecule has 5 atom stereocenters. The Labute approximate surface area is 133 Å². The number of hydrogen-bond acceptors (Lipinski definition) is 7. The summed E-state index contributed by atoms with van der Waals surface area (Å²) in [6, 6.07) is 0. The van der Waals surface area contributed by atoms with Gasteiger partial charge >= 0.3 is 5.69 Å². The lowest BCUT2D eigenvalue weighted by molar-refractivity contribution is -0.0386. The Morgan fingerprint density at radius 2 is 2.41 bits per heavy atom. The zero-order chi connectivity index (χ0) is 15.7. The third-order valence-corrected chi connectivity index (χ3v) is 5.00. The van der Waals surface area contributed by atoms with E-state index in [-0.39, 0.29) is 0 Å². The van der Waals surface area contributed by atoms with Crippen LogP contribution in [0.25, 0.3) is 0 Å². The van der Waals surface area contributed by atoms with Crippen molar-refractivity contribution in [2.75, 3.05) is 18.6 Å². The molecule has 0 radical (unpaired) electrons. The number of nitrogens with zero attached hydrogens (tertiary/aromatic N) is 2. The van der Waals surface area contributed by atoms with E-state index >= 15 is 0 Å². The minimum atomic E-state index is -0.671. The maximum absolute atomic E-state index is 12.1. The maximum atomic E-state index is 12.1. The molecule has 0 aromatic carbocycles. The smallest absolute Gasteiger partial charge is 0.351 e. The molecule has 2 aliphatic heterocycles. The van der Waals surface area contributed by atoms with Crippen LogP contribution in [0.3, 0.4) is 0 Å². The maximum Gasteiger partial charge on any atom is 0.351 e. The first-order valence-corrected chi connectivity index (χ1v) is 11.4. The summed E-state index contributed by atoms with van der Waals surface area (Å²) in [5, 5.41) is 10.1. The average Bonchev–Trinajstić information content (AvgIpc) is 2.85. The highest BCUT2D eigenvalue weighted by atomic mass is 32.4. The van der Waals surface area contributed by atoms with E-state index in [0.717, 1.165) is 18.5 Å². The van der Waals surface area contributed by atoms with E-state index < -0.39 is 31.7 Å². The summed E-state index contributed by atoms with van der Waals surface area (Å²) >= 11 is 0. The van der Waals surface area contributed by atoms with Gasteiger partial charge < -0.3 is 19.8 Å². The Kier molecular flexibility index (Phi) is 5.41. The summed E-state index contributed by atoms with van der Waals surface area (Å²) in [5.41, 5.74) is 6.39. The number of hydrazine groups is 1. The standard InChI is InChI=1S/C11H19N4O4P3/c16-7-3-9(19-8(7)5-18-22(20)21)15-4-6-1-2-12-14-10(6)13-11(15)17/h4,7-9,12,16H,1-3,5,20-21H2,(H,13,14,17)/t7?,8-,9?/m1/s1. The van der Waals surface area contributed by atoms with E-state index in [9.17, 15) is 9.90 Å². The number of aromatic nitrogens is 2. The zero-order valence-electron chi connectivity index (χ0n) is 11.8. The number of fused-ring (bicyclic) bond motifs is 1. The van der Waals surface area contributed by atoms with Gasteiger partial charge in [-0.2, -0.15) is 4.98 Å². The van der Waals surface area contributed by atoms with Crippen molar-refractivity contribution in [3.8, 4) is 0 Å². The van der Waals surface area contributed by atoms with E-state index in [2.05, 4.69) is 33.7 Å². The minimum absolute atomic E-state index is 0.301. The van der Waals surface area contributed by atoms with Crippen molar-refractivity contribution in [1.29, 1.82) is 0 Å². The van der Waals surface area contributed by atoms with Crippen LogP contribution in [0.15, 0.2) is 11.0 Å². The highest BCUT2D eigenvalue weighted by Gasteiger charge is 2.36. The molecule has 0 saturated carbocycles. The summed E-state index contributed by atoms with van der Waals surface area (Å²) in [6.07, 6.45) is 1.30. The molecule has 3 N–H and O–H groups in total. The molecule has 122 valence electrons. The van der Waals surface area contributed by atoms with Crippen LogP contribution in [0.5, 0.6) is 0 Å². The summed E-state index contributed by atoms with van der Waals surface area (Å²) in [5.74, 6) is 0.558. The van der Waals surface area contributed by atoms with Gasteiger partial charge in [0.1, 0.15) is 12.3 Å². The molecule has 0 aliphatic carbocycles. The predicted molar refractivity (Wildman–Crippen MR) is 90.7 cm³/mol. The zero-order valence-corrected chi connectivity index (χ0v) is 15.0. The van der Waals surface area contributed by atoms with Crippen LogP contribution in [-0.4, -0.2) is 40.0 Å². The lowest BCUT2D eigenvalue weighted by atomic mass is 10.2. The minimum Gasteiger partial charge on any atom is -0.390 e. The van der Waals surface area contributed by atoms with E-state index in [1.807, 2.05) is 0 Å². The molecular weight excluding hydrogens is 345 g/mol. The fourth-order valence-corrected chi connectivity index (χ4v) is 3.38. The van der Waals surface area contributed by atoms with Crippen LogP contribution >= 0.6 is 25.4 Å². The summed E-state index contributed by atoms with van der Waals surface area (Å²) in [7, 11) is 4.44. The number of hydrogen-bond donors (Lipinski definition) is 3. The number of ether oxygens (including phenoxy) is 1. The Balaban J connectivity index is 1.76. The predicted octanol–water partition coefficient (Wildman–Crippen LogP) is 0.358. The Morgan fingerprint density at radius 1 is 1.59 bits per heavy atom. The van der Waals surface area contributed by atoms with Crippen LogP contribution < -0.4 is 16.5 Å². The van der Waals surface area contributed by atoms with E-state index in [0.29, 0.717) is 18.8 Å². The molecule has 1 fully saturated rings. The fraction of sp³-hybridized carbons (Fsp3) is 0.636. The van der Waals surface area contributed by atoms with E-state index in [4.69, 9.17) is 9.26 Å². The van der Waals surface area contributed by atoms with Crippen LogP contribution in [0.1, 0.15) is 18.2 Å². The van der Waals surface area contributed by atoms with Gasteiger partial charge in [-0.3, -0.25) is 4.57 Å². The fourth-order valence-electron chi connectivity index (χ4n) is 2.55. The molecule has 8 nitrogen and oxygen atoms in total. The van der Waals surface area contributed by atoms with Crippen molar-refractivity contribution in [3.63, 3.8) is 0 Å². The van der Waals surface area contributed by atoms with Gasteiger partial charge in [0.15, 0.2) is 5.82 Å². The Morgan fingerprint density at radius 3 is 3.18 bits per heavy atom. The van der Waals surface area contributed by atoms with E-state index in [1.165, 1.54) is 4.57 Å². The van der Waals surface area contributed by atoms with Crippen LogP contribution in [-0.2, 0) is 15.7 Å². The van der Waals surface area contributed by atoms with Crippen molar-refractivity contribution < 1.29 is 14.4 Å². The molecule has 3 rings (SSSR count). The summed E-state index contributed by atoms with van der Waals surface area (Å²) in [4.78, 5) is 16.2. The summed E-state index contributed by atoms with van der Waals surface area (Å²) < 4.78 is 12.7. The monoisotopic (exact) mass is 364 g/mol. The van der Waals surface area contributed by atoms with Crippen LogP contribution in [0.2, 0.25) is 0 Å². The first kappa shape index (κ1) is 16.7. The molecule has 0 amide bonds. The van der Waals surface area contributed by atoms with Crippen molar-refractivity contribution in [1.82, 2.24) is 15.0 Å². The number of aliphatic hydroxyl groups excluding tert-OH is 1. The van der Waals surface area contributed by atoms with Gasteiger partial charge in [-0.05, 0) is 6.42 Å². The average molecular weight is 364 g/mol. The van der Waals surface area contributed by atoms with Gasteiger partial charge in [0.2, 0.25) is 0 Å². The first-order valence-electron chi connectivity index (χ1n) is 6.91. The molecule has 3 heterocycles. The highest BCUT2D eigenvalue weighted by Crippen LogP contribution is 2.53. The second kappa shape index (κ2) is 7.14. The lowest BCUT2D eigenvalue weighted by Crippen LogP contribution is -2.36. The Hall–Kier alpha value is -0.190. The number of anilines is 1. The van der Waals surface area contributed by atoms with Crippen molar-refractivity contribution in [2.24, 2.45) is 0 Å². The van der Waals surface area contributed by atoms with Gasteiger partial charge in [0.05, 0.1) is 20.2 Å². The molecule has 0 spiro atoms. The number of rotatable bonds is 4. The highest BCUT2D eigenvalue weighted by molar-refractivity contribution is 8.41. The Bertz CT molecular complexity index is 599. The topological polar surface area (TPSA) is 97.6 Å². The molecule has 1 saturated heterocycles. The second-order valence-corrected chi connectivity index (χ2v) is 11.0. The molecule has 1 aromatic rings. The number of nitrogens with one attached hydrogen (secondary N) is 2. The van der Waals surface area contributed by atoms with Gasteiger partial charge in [0.25, 0.3) is 0 Å². The van der Waals surface area contributed by atoms with Crippen molar-refractivity contribution >= 4 is 31.2 Å². The van der Waals surface area contributed by atoms with Gasteiger partial charge in [0, 0.05) is 24.7 Å². The number of aliphatic hydroxyl groups is 1. The van der Waals surface area contributed by atoms with Crippen LogP contribution in [0.4, 0.5) is 5.82 Å². The normalized spacial score (nSPS) is 27.7. The molecule has 0 bridgehead atoms. The largest absolute Gasteiger partial charge is 0.390 e. The van der Waals surface area contributed by atoms with E-state index in [1.54, 1.807) is 6.20 Å². The van der Waals surface area contributed by atoms with Crippen LogP contribution in [0, 0.1) is 0 Å². The molecule has 2 aliphatic rings. The quantitative estimate of drug-likeness (QED) is 0.664. The third kappa shape index (κ3) is 3.65. The molecule has 1 aromatic heterocycles. The molecule has 11 heteroatoms. The molecular formula is C11H19N4O4P3. The SMILES string of the molecule is O=c1nc2c(cn1C1CC(O)[C@@H](COP(P)P)O1)CCNN2. The summed E-state index contributed by atoms with van der Waals surface area (Å²) in [6.45, 7) is 1.07. The molecule has 22 heavy (non-hydrogen) atoms. The van der Waals surface area contributed by atoms with Gasteiger partial charge in [-0.25, -0.2) is 10.2 Å². The molecule has 4 unspecified atom stereocenters. The second-order valence-electron chi connectivity index (χ2n) is 5.19. The van der Waals surface area contributed by atoms with Crippen molar-refractivity contribution in [3.05, 3.63) is 22.2 Å². The lowest BCUT2D eigenvalue weighted by Gasteiger charge is -2.21. The van der Waals surface area contributed by atoms with Crippen molar-refractivity contribution in [2.45, 2.75) is 31.3 Å². The van der Waals surface area contributed by atoms with Gasteiger partial charge in [-0.1, -0.05) is 17.9 Å². The first-order chi connectivity index (χ1) is 10.5. The van der Waals surface area contributed by atoms with Gasteiger partial charge in [-0.15, -0.1) is 0 Å². The third-order valence-electron chi connectivity index (χ3n) is 3.66.